The number of rotatable bonds is 4. The highest BCUT2D eigenvalue weighted by Gasteiger charge is 2.32. The van der Waals surface area contributed by atoms with E-state index in [1.807, 2.05) is 24.3 Å². The van der Waals surface area contributed by atoms with E-state index in [0.717, 1.165) is 11.1 Å². The number of amides is 1. The number of carbonyl (C=O) groups is 2. The number of benzene rings is 2. The van der Waals surface area contributed by atoms with Gasteiger partial charge in [-0.25, -0.2) is 0 Å². The number of ether oxygens (including phenoxy) is 2. The summed E-state index contributed by atoms with van der Waals surface area (Å²) >= 11 is 0. The number of hydrogen-bond donors (Lipinski definition) is 1. The smallest absolute Gasteiger partial charge is 0.312 e. The minimum Gasteiger partial charge on any atom is -0.493 e. The van der Waals surface area contributed by atoms with E-state index < -0.39 is 11.9 Å². The van der Waals surface area contributed by atoms with Crippen molar-refractivity contribution in [1.82, 2.24) is 4.90 Å². The Morgan fingerprint density at radius 2 is 1.80 bits per heavy atom. The molecule has 3 rings (SSSR count). The van der Waals surface area contributed by atoms with Crippen molar-refractivity contribution >= 4 is 11.9 Å². The lowest BCUT2D eigenvalue weighted by Crippen LogP contribution is -2.40. The fraction of sp³-hybridized carbons (Fsp3) is 0.263. The fourth-order valence-electron chi connectivity index (χ4n) is 3.12. The number of carbonyl (C=O) groups excluding carboxylic acids is 1. The Bertz CT molecular complexity index is 817. The standard InChI is InChI=1S/C19H19NO5/c1-24-16-8-7-12(9-17(16)25-2)18(21)20-10-13-5-3-4-6-14(13)15(11-20)19(22)23/h3-9,15H,10-11H2,1-2H3,(H,22,23). The molecule has 25 heavy (non-hydrogen) atoms. The third kappa shape index (κ3) is 3.15. The third-order valence-electron chi connectivity index (χ3n) is 4.41. The molecular weight excluding hydrogens is 322 g/mol. The predicted molar refractivity (Wildman–Crippen MR) is 91.1 cm³/mol. The maximum absolute atomic E-state index is 12.9. The highest BCUT2D eigenvalue weighted by molar-refractivity contribution is 5.95. The molecular formula is C19H19NO5. The SMILES string of the molecule is COc1ccc(C(=O)N2Cc3ccccc3C(C(=O)O)C2)cc1OC. The molecule has 0 radical (unpaired) electrons. The first-order valence-corrected chi connectivity index (χ1v) is 7.87. The molecule has 1 heterocycles. The number of hydrogen-bond acceptors (Lipinski definition) is 4. The first-order chi connectivity index (χ1) is 12.0. The van der Waals surface area contributed by atoms with Crippen molar-refractivity contribution in [2.24, 2.45) is 0 Å². The van der Waals surface area contributed by atoms with Crippen LogP contribution in [0.3, 0.4) is 0 Å². The van der Waals surface area contributed by atoms with E-state index in [1.54, 1.807) is 23.1 Å². The summed E-state index contributed by atoms with van der Waals surface area (Å²) in [5.74, 6) is -0.903. The van der Waals surface area contributed by atoms with Crippen LogP contribution in [-0.2, 0) is 11.3 Å². The van der Waals surface area contributed by atoms with E-state index in [1.165, 1.54) is 14.2 Å². The van der Waals surface area contributed by atoms with Crippen LogP contribution in [0.5, 0.6) is 11.5 Å². The summed E-state index contributed by atoms with van der Waals surface area (Å²) in [7, 11) is 3.03. The molecule has 1 atom stereocenters. The van der Waals surface area contributed by atoms with Crippen LogP contribution >= 0.6 is 0 Å². The number of nitrogens with zero attached hydrogens (tertiary/aromatic N) is 1. The second kappa shape index (κ2) is 6.84. The Balaban J connectivity index is 1.92. The van der Waals surface area contributed by atoms with E-state index in [-0.39, 0.29) is 12.5 Å². The molecule has 1 N–H and O–H groups in total. The van der Waals surface area contributed by atoms with Gasteiger partial charge >= 0.3 is 5.97 Å². The molecule has 6 nitrogen and oxygen atoms in total. The third-order valence-corrected chi connectivity index (χ3v) is 4.41. The van der Waals surface area contributed by atoms with Crippen molar-refractivity contribution < 1.29 is 24.2 Å². The quantitative estimate of drug-likeness (QED) is 0.925. The zero-order valence-electron chi connectivity index (χ0n) is 14.1. The van der Waals surface area contributed by atoms with Gasteiger partial charge in [0.1, 0.15) is 0 Å². The van der Waals surface area contributed by atoms with Crippen LogP contribution in [-0.4, -0.2) is 42.6 Å². The maximum atomic E-state index is 12.9. The van der Waals surface area contributed by atoms with Gasteiger partial charge in [-0.1, -0.05) is 24.3 Å². The second-order valence-electron chi connectivity index (χ2n) is 5.85. The number of aliphatic carboxylic acids is 1. The van der Waals surface area contributed by atoms with Crippen LogP contribution in [0.2, 0.25) is 0 Å². The van der Waals surface area contributed by atoms with Gasteiger partial charge < -0.3 is 19.5 Å². The Morgan fingerprint density at radius 1 is 1.08 bits per heavy atom. The van der Waals surface area contributed by atoms with Gasteiger partial charge in [0.25, 0.3) is 5.91 Å². The summed E-state index contributed by atoms with van der Waals surface area (Å²) in [6.45, 7) is 0.520. The van der Waals surface area contributed by atoms with E-state index in [0.29, 0.717) is 23.6 Å². The van der Waals surface area contributed by atoms with Crippen molar-refractivity contribution in [3.8, 4) is 11.5 Å². The number of fused-ring (bicyclic) bond motifs is 1. The van der Waals surface area contributed by atoms with E-state index in [9.17, 15) is 14.7 Å². The Kier molecular flexibility index (Phi) is 4.61. The number of carboxylic acid groups (broad SMARTS) is 1. The summed E-state index contributed by atoms with van der Waals surface area (Å²) < 4.78 is 10.4. The molecule has 1 amide bonds. The molecule has 0 spiro atoms. The molecule has 1 aliphatic rings. The minimum absolute atomic E-state index is 0.138. The average Bonchev–Trinajstić information content (AvgIpc) is 2.65. The predicted octanol–water partition coefficient (Wildman–Crippen LogP) is 2.53. The molecule has 0 fully saturated rings. The van der Waals surface area contributed by atoms with Gasteiger partial charge in [-0.05, 0) is 29.3 Å². The Hall–Kier alpha value is -3.02. The summed E-state index contributed by atoms with van der Waals surface area (Å²) in [6.07, 6.45) is 0. The zero-order chi connectivity index (χ0) is 18.0. The topological polar surface area (TPSA) is 76.1 Å². The highest BCUT2D eigenvalue weighted by atomic mass is 16.5. The Morgan fingerprint density at radius 3 is 2.48 bits per heavy atom. The van der Waals surface area contributed by atoms with Crippen LogP contribution in [0, 0.1) is 0 Å². The van der Waals surface area contributed by atoms with Crippen molar-refractivity contribution in [3.63, 3.8) is 0 Å². The largest absolute Gasteiger partial charge is 0.493 e. The average molecular weight is 341 g/mol. The van der Waals surface area contributed by atoms with E-state index in [2.05, 4.69) is 0 Å². The molecule has 0 saturated heterocycles. The molecule has 6 heteroatoms. The monoisotopic (exact) mass is 341 g/mol. The maximum Gasteiger partial charge on any atom is 0.312 e. The minimum atomic E-state index is -0.933. The Labute approximate surface area is 145 Å². The molecule has 1 unspecified atom stereocenters. The van der Waals surface area contributed by atoms with Crippen molar-refractivity contribution in [2.45, 2.75) is 12.5 Å². The van der Waals surface area contributed by atoms with Gasteiger partial charge in [0, 0.05) is 18.7 Å². The molecule has 0 aliphatic carbocycles. The molecule has 2 aromatic rings. The van der Waals surface area contributed by atoms with Crippen LogP contribution in [0.1, 0.15) is 27.4 Å². The first-order valence-electron chi connectivity index (χ1n) is 7.87. The summed E-state index contributed by atoms with van der Waals surface area (Å²) in [5.41, 5.74) is 2.06. The number of methoxy groups -OCH3 is 2. The second-order valence-corrected chi connectivity index (χ2v) is 5.85. The van der Waals surface area contributed by atoms with Crippen LogP contribution in [0.25, 0.3) is 0 Å². The van der Waals surface area contributed by atoms with Gasteiger partial charge in [0.05, 0.1) is 20.1 Å². The van der Waals surface area contributed by atoms with Crippen LogP contribution in [0.4, 0.5) is 0 Å². The first kappa shape index (κ1) is 16.8. The van der Waals surface area contributed by atoms with Crippen LogP contribution in [0.15, 0.2) is 42.5 Å². The normalized spacial score (nSPS) is 16.1. The van der Waals surface area contributed by atoms with Crippen LogP contribution < -0.4 is 9.47 Å². The fourth-order valence-corrected chi connectivity index (χ4v) is 3.12. The number of carboxylic acids is 1. The summed E-state index contributed by atoms with van der Waals surface area (Å²) in [6, 6.07) is 12.3. The molecule has 2 aromatic carbocycles. The van der Waals surface area contributed by atoms with Gasteiger partial charge in [0.2, 0.25) is 0 Å². The van der Waals surface area contributed by atoms with Gasteiger partial charge in [-0.2, -0.15) is 0 Å². The van der Waals surface area contributed by atoms with Gasteiger partial charge in [-0.3, -0.25) is 9.59 Å². The van der Waals surface area contributed by atoms with Crippen molar-refractivity contribution in [1.29, 1.82) is 0 Å². The zero-order valence-corrected chi connectivity index (χ0v) is 14.1. The van der Waals surface area contributed by atoms with E-state index >= 15 is 0 Å². The lowest BCUT2D eigenvalue weighted by Gasteiger charge is -2.33. The lowest BCUT2D eigenvalue weighted by atomic mass is 9.89. The van der Waals surface area contributed by atoms with Crippen molar-refractivity contribution in [3.05, 3.63) is 59.2 Å². The summed E-state index contributed by atoms with van der Waals surface area (Å²) in [4.78, 5) is 26.1. The molecule has 1 aliphatic heterocycles. The molecule has 130 valence electrons. The van der Waals surface area contributed by atoms with Crippen molar-refractivity contribution in [2.75, 3.05) is 20.8 Å². The van der Waals surface area contributed by atoms with Gasteiger partial charge in [0.15, 0.2) is 11.5 Å². The highest BCUT2D eigenvalue weighted by Crippen LogP contribution is 2.31. The molecule has 0 bridgehead atoms. The lowest BCUT2D eigenvalue weighted by molar-refractivity contribution is -0.139. The summed E-state index contributed by atoms with van der Waals surface area (Å²) in [5, 5.41) is 9.53. The van der Waals surface area contributed by atoms with Gasteiger partial charge in [-0.15, -0.1) is 0 Å². The molecule has 0 aromatic heterocycles. The molecule has 0 saturated carbocycles. The van der Waals surface area contributed by atoms with E-state index in [4.69, 9.17) is 9.47 Å².